The highest BCUT2D eigenvalue weighted by atomic mass is 127. The van der Waals surface area contributed by atoms with Crippen LogP contribution in [0.25, 0.3) is 0 Å². The zero-order valence-electron chi connectivity index (χ0n) is 18.5. The lowest BCUT2D eigenvalue weighted by atomic mass is 10.1. The van der Waals surface area contributed by atoms with E-state index < -0.39 is 0 Å². The molecule has 2 N–H and O–H groups in total. The third-order valence-corrected chi connectivity index (χ3v) is 5.37. The Hall–Kier alpha value is -1.06. The van der Waals surface area contributed by atoms with E-state index in [-0.39, 0.29) is 24.0 Å². The van der Waals surface area contributed by atoms with E-state index in [1.165, 1.54) is 32.4 Å². The molecule has 29 heavy (non-hydrogen) atoms. The first-order chi connectivity index (χ1) is 13.8. The Morgan fingerprint density at radius 3 is 2.52 bits per heavy atom. The highest BCUT2D eigenvalue weighted by Gasteiger charge is 2.10. The molecule has 6 nitrogen and oxygen atoms in total. The van der Waals surface area contributed by atoms with Crippen molar-refractivity contribution in [2.45, 2.75) is 39.7 Å². The average Bonchev–Trinajstić information content (AvgIpc) is 2.75. The second-order valence-corrected chi connectivity index (χ2v) is 7.24. The molecule has 1 fully saturated rings. The first-order valence-corrected chi connectivity index (χ1v) is 10.9. The Kier molecular flexibility index (Phi) is 14.1. The van der Waals surface area contributed by atoms with Gasteiger partial charge in [-0.05, 0) is 45.1 Å². The normalized spacial score (nSPS) is 15.1. The van der Waals surface area contributed by atoms with E-state index in [4.69, 9.17) is 4.74 Å². The lowest BCUT2D eigenvalue weighted by Gasteiger charge is -2.26. The molecule has 166 valence electrons. The number of nitrogens with one attached hydrogen (secondary N) is 2. The Morgan fingerprint density at radius 2 is 1.83 bits per heavy atom. The molecule has 1 heterocycles. The Labute approximate surface area is 194 Å². The summed E-state index contributed by atoms with van der Waals surface area (Å²) in [6.45, 7) is 13.3. The van der Waals surface area contributed by atoms with Crippen LogP contribution in [0.1, 0.15) is 38.7 Å². The maximum absolute atomic E-state index is 6.05. The van der Waals surface area contributed by atoms with Crippen LogP contribution >= 0.6 is 24.0 Å². The highest BCUT2D eigenvalue weighted by molar-refractivity contribution is 14.0. The van der Waals surface area contributed by atoms with Crippen molar-refractivity contribution in [3.8, 4) is 5.75 Å². The van der Waals surface area contributed by atoms with Crippen LogP contribution in [0.4, 0.5) is 0 Å². The fourth-order valence-electron chi connectivity index (χ4n) is 3.53. The van der Waals surface area contributed by atoms with Crippen LogP contribution in [0.3, 0.4) is 0 Å². The van der Waals surface area contributed by atoms with Gasteiger partial charge in [0.1, 0.15) is 12.4 Å². The van der Waals surface area contributed by atoms with E-state index in [9.17, 15) is 0 Å². The Morgan fingerprint density at radius 1 is 1.10 bits per heavy atom. The Balaban J connectivity index is 0.00000420. The number of halogens is 1. The fourth-order valence-corrected chi connectivity index (χ4v) is 3.53. The van der Waals surface area contributed by atoms with Gasteiger partial charge in [-0.25, -0.2) is 0 Å². The minimum Gasteiger partial charge on any atom is -0.492 e. The number of benzene rings is 1. The molecule has 1 saturated heterocycles. The molecule has 0 spiro atoms. The van der Waals surface area contributed by atoms with E-state index in [0.29, 0.717) is 13.2 Å². The lowest BCUT2D eigenvalue weighted by Crippen LogP contribution is -2.42. The molecular weight excluding hydrogens is 477 g/mol. The van der Waals surface area contributed by atoms with Crippen molar-refractivity contribution in [1.29, 1.82) is 0 Å². The number of para-hydroxylation sites is 1. The molecule has 0 aromatic heterocycles. The van der Waals surface area contributed by atoms with E-state index in [2.05, 4.69) is 51.4 Å². The monoisotopic (exact) mass is 517 g/mol. The maximum atomic E-state index is 6.05. The van der Waals surface area contributed by atoms with Crippen molar-refractivity contribution in [3.63, 3.8) is 0 Å². The summed E-state index contributed by atoms with van der Waals surface area (Å²) in [6, 6.07) is 8.25. The summed E-state index contributed by atoms with van der Waals surface area (Å²) in [7, 11) is 1.82. The second kappa shape index (κ2) is 15.7. The molecule has 1 aromatic rings. The van der Waals surface area contributed by atoms with Crippen molar-refractivity contribution in [1.82, 2.24) is 20.4 Å². The molecule has 0 saturated carbocycles. The van der Waals surface area contributed by atoms with E-state index in [1.807, 2.05) is 19.2 Å². The summed E-state index contributed by atoms with van der Waals surface area (Å²) in [5.74, 6) is 1.79. The maximum Gasteiger partial charge on any atom is 0.191 e. The first-order valence-electron chi connectivity index (χ1n) is 10.9. The van der Waals surface area contributed by atoms with Crippen molar-refractivity contribution in [3.05, 3.63) is 29.8 Å². The SMILES string of the molecule is CCN(CC)CCOc1ccccc1CNC(=NC)NCCN1CCCCC1.I. The van der Waals surface area contributed by atoms with Crippen LogP contribution in [0.2, 0.25) is 0 Å². The molecule has 0 amide bonds. The zero-order chi connectivity index (χ0) is 20.0. The minimum atomic E-state index is 0. The molecule has 0 aliphatic carbocycles. The van der Waals surface area contributed by atoms with Crippen molar-refractivity contribution in [2.24, 2.45) is 4.99 Å². The second-order valence-electron chi connectivity index (χ2n) is 7.24. The number of hydrogen-bond donors (Lipinski definition) is 2. The van der Waals surface area contributed by atoms with Crippen LogP contribution in [0, 0.1) is 0 Å². The first kappa shape index (κ1) is 26.0. The van der Waals surface area contributed by atoms with E-state index in [0.717, 1.165) is 50.0 Å². The van der Waals surface area contributed by atoms with E-state index in [1.54, 1.807) is 0 Å². The van der Waals surface area contributed by atoms with Gasteiger partial charge in [0.25, 0.3) is 0 Å². The van der Waals surface area contributed by atoms with Crippen LogP contribution in [0.15, 0.2) is 29.3 Å². The summed E-state index contributed by atoms with van der Waals surface area (Å²) in [4.78, 5) is 9.25. The number of likely N-dealkylation sites (tertiary alicyclic amines) is 1. The van der Waals surface area contributed by atoms with Crippen LogP contribution in [-0.2, 0) is 6.54 Å². The number of nitrogens with zero attached hydrogens (tertiary/aromatic N) is 3. The summed E-state index contributed by atoms with van der Waals surface area (Å²) < 4.78 is 6.05. The summed E-state index contributed by atoms with van der Waals surface area (Å²) in [5, 5.41) is 6.84. The molecule has 7 heteroatoms. The fraction of sp³-hybridized carbons (Fsp3) is 0.682. The number of piperidine rings is 1. The van der Waals surface area contributed by atoms with Gasteiger partial charge < -0.3 is 25.2 Å². The number of ether oxygens (including phenoxy) is 1. The summed E-state index contributed by atoms with van der Waals surface area (Å²) in [6.07, 6.45) is 4.04. The minimum absolute atomic E-state index is 0. The summed E-state index contributed by atoms with van der Waals surface area (Å²) >= 11 is 0. The number of guanidine groups is 1. The van der Waals surface area contributed by atoms with Crippen LogP contribution in [-0.4, -0.2) is 75.2 Å². The van der Waals surface area contributed by atoms with Gasteiger partial charge in [0, 0.05) is 38.8 Å². The Bertz CT molecular complexity index is 574. The number of hydrogen-bond acceptors (Lipinski definition) is 4. The van der Waals surface area contributed by atoms with Crippen molar-refractivity contribution >= 4 is 29.9 Å². The van der Waals surface area contributed by atoms with Gasteiger partial charge in [0.15, 0.2) is 5.96 Å². The third kappa shape index (κ3) is 10.00. The van der Waals surface area contributed by atoms with Crippen molar-refractivity contribution < 1.29 is 4.74 Å². The molecule has 0 bridgehead atoms. The van der Waals surface area contributed by atoms with Gasteiger partial charge in [0.05, 0.1) is 0 Å². The lowest BCUT2D eigenvalue weighted by molar-refractivity contribution is 0.221. The van der Waals surface area contributed by atoms with Gasteiger partial charge in [-0.2, -0.15) is 0 Å². The molecule has 0 radical (unpaired) electrons. The van der Waals surface area contributed by atoms with Gasteiger partial charge in [-0.1, -0.05) is 38.5 Å². The van der Waals surface area contributed by atoms with Gasteiger partial charge >= 0.3 is 0 Å². The highest BCUT2D eigenvalue weighted by Crippen LogP contribution is 2.17. The number of rotatable bonds is 11. The smallest absolute Gasteiger partial charge is 0.191 e. The third-order valence-electron chi connectivity index (χ3n) is 5.37. The molecule has 0 unspecified atom stereocenters. The number of aliphatic imine (C=N–C) groups is 1. The molecule has 1 aromatic carbocycles. The predicted octanol–water partition coefficient (Wildman–Crippen LogP) is 3.18. The molecule has 1 aliphatic heterocycles. The van der Waals surface area contributed by atoms with Gasteiger partial charge in [-0.3, -0.25) is 4.99 Å². The number of likely N-dealkylation sites (N-methyl/N-ethyl adjacent to an activating group) is 1. The van der Waals surface area contributed by atoms with Gasteiger partial charge in [-0.15, -0.1) is 24.0 Å². The summed E-state index contributed by atoms with van der Waals surface area (Å²) in [5.41, 5.74) is 1.15. The van der Waals surface area contributed by atoms with Gasteiger partial charge in [0.2, 0.25) is 0 Å². The van der Waals surface area contributed by atoms with Crippen LogP contribution < -0.4 is 15.4 Å². The molecule has 2 rings (SSSR count). The molecular formula is C22H40IN5O. The van der Waals surface area contributed by atoms with E-state index >= 15 is 0 Å². The predicted molar refractivity (Wildman–Crippen MR) is 134 cm³/mol. The largest absolute Gasteiger partial charge is 0.492 e. The topological polar surface area (TPSA) is 52.1 Å². The average molecular weight is 518 g/mol. The van der Waals surface area contributed by atoms with Crippen LogP contribution in [0.5, 0.6) is 5.75 Å². The standard InChI is InChI=1S/C22H39N5O.HI/c1-4-26(5-2)17-18-28-21-12-8-7-11-20(21)19-25-22(23-3)24-13-16-27-14-9-6-10-15-27;/h7-8,11-12H,4-6,9-10,13-19H2,1-3H3,(H2,23,24,25);1H. The zero-order valence-corrected chi connectivity index (χ0v) is 20.8. The molecule has 1 aliphatic rings. The van der Waals surface area contributed by atoms with Crippen molar-refractivity contribution in [2.75, 3.05) is 59.5 Å². The molecule has 0 atom stereocenters. The quantitative estimate of drug-likeness (QED) is 0.268.